The minimum absolute atomic E-state index is 0.404. The highest BCUT2D eigenvalue weighted by molar-refractivity contribution is 6.43. The predicted octanol–water partition coefficient (Wildman–Crippen LogP) is 3.65. The number of rotatable bonds is 2. The Morgan fingerprint density at radius 2 is 2.12 bits per heavy atom. The van der Waals surface area contributed by atoms with Gasteiger partial charge in [-0.2, -0.15) is 5.10 Å². The number of hydrazone groups is 1. The zero-order chi connectivity index (χ0) is 16.5. The first kappa shape index (κ1) is 15.2. The molecule has 0 bridgehead atoms. The van der Waals surface area contributed by atoms with E-state index in [9.17, 15) is 0 Å². The predicted molar refractivity (Wildman–Crippen MR) is 93.0 cm³/mol. The number of imidazole rings is 1. The minimum Gasteiger partial charge on any atom is -0.491 e. The summed E-state index contributed by atoms with van der Waals surface area (Å²) in [5.74, 6) is 1.12. The van der Waals surface area contributed by atoms with Crippen LogP contribution < -0.4 is 10.2 Å². The van der Waals surface area contributed by atoms with E-state index in [0.717, 1.165) is 24.1 Å². The Balaban J connectivity index is 1.73. The average Bonchev–Trinajstić information content (AvgIpc) is 2.98. The minimum atomic E-state index is 0.404. The highest BCUT2D eigenvalue weighted by Crippen LogP contribution is 2.37. The van der Waals surface area contributed by atoms with Crippen LogP contribution in [0, 0.1) is 0 Å². The maximum absolute atomic E-state index is 6.26. The molecule has 7 nitrogen and oxygen atoms in total. The molecule has 0 aliphatic carbocycles. The third-order valence-electron chi connectivity index (χ3n) is 3.68. The van der Waals surface area contributed by atoms with Crippen molar-refractivity contribution < 1.29 is 4.74 Å². The lowest BCUT2D eigenvalue weighted by Crippen LogP contribution is -2.05. The van der Waals surface area contributed by atoms with Crippen LogP contribution in [0.5, 0.6) is 5.75 Å². The van der Waals surface area contributed by atoms with Crippen LogP contribution in [0.3, 0.4) is 0 Å². The molecule has 4 rings (SSSR count). The van der Waals surface area contributed by atoms with Crippen molar-refractivity contribution in [3.63, 3.8) is 0 Å². The van der Waals surface area contributed by atoms with Gasteiger partial charge in [-0.15, -0.1) is 0 Å². The topological polar surface area (TPSA) is 88.1 Å². The van der Waals surface area contributed by atoms with Gasteiger partial charge >= 0.3 is 0 Å². The summed E-state index contributed by atoms with van der Waals surface area (Å²) in [4.78, 5) is 15.4. The van der Waals surface area contributed by atoms with Gasteiger partial charge in [-0.25, -0.2) is 15.0 Å². The highest BCUT2D eigenvalue weighted by Gasteiger charge is 2.20. The fourth-order valence-corrected chi connectivity index (χ4v) is 2.90. The maximum atomic E-state index is 6.26. The monoisotopic (exact) mass is 362 g/mol. The summed E-state index contributed by atoms with van der Waals surface area (Å²) in [7, 11) is 0. The molecule has 24 heavy (non-hydrogen) atoms. The van der Waals surface area contributed by atoms with Crippen molar-refractivity contribution in [3.05, 3.63) is 40.4 Å². The number of benzene rings is 1. The van der Waals surface area contributed by atoms with E-state index in [1.165, 1.54) is 6.33 Å². The van der Waals surface area contributed by atoms with Crippen LogP contribution in [0.1, 0.15) is 18.4 Å². The quantitative estimate of drug-likeness (QED) is 0.679. The largest absolute Gasteiger partial charge is 0.491 e. The molecule has 0 unspecified atom stereocenters. The van der Waals surface area contributed by atoms with Gasteiger partial charge in [0, 0.05) is 5.56 Å². The molecule has 0 spiro atoms. The number of aromatic nitrogens is 4. The molecule has 0 fully saturated rings. The summed E-state index contributed by atoms with van der Waals surface area (Å²) in [6.07, 6.45) is 4.57. The molecule has 1 aromatic carbocycles. The second-order valence-electron chi connectivity index (χ2n) is 5.18. The second kappa shape index (κ2) is 6.26. The molecule has 0 saturated heterocycles. The molecule has 9 heteroatoms. The molecule has 0 saturated carbocycles. The van der Waals surface area contributed by atoms with E-state index >= 15 is 0 Å². The molecule has 0 atom stereocenters. The summed E-state index contributed by atoms with van der Waals surface area (Å²) in [6.45, 7) is 0.560. The first-order chi connectivity index (χ1) is 11.7. The van der Waals surface area contributed by atoms with E-state index in [4.69, 9.17) is 27.9 Å². The lowest BCUT2D eigenvalue weighted by molar-refractivity contribution is 0.318. The van der Waals surface area contributed by atoms with E-state index in [0.29, 0.717) is 39.4 Å². The van der Waals surface area contributed by atoms with Gasteiger partial charge in [0.05, 0.1) is 23.7 Å². The van der Waals surface area contributed by atoms with E-state index in [1.807, 2.05) is 6.07 Å². The van der Waals surface area contributed by atoms with Crippen molar-refractivity contribution in [1.29, 1.82) is 0 Å². The highest BCUT2D eigenvalue weighted by atomic mass is 35.5. The van der Waals surface area contributed by atoms with Gasteiger partial charge in [-0.3, -0.25) is 5.43 Å². The number of nitrogens with one attached hydrogen (secondary N) is 2. The molecule has 0 amide bonds. The Labute approximate surface area is 147 Å². The first-order valence-electron chi connectivity index (χ1n) is 7.32. The lowest BCUT2D eigenvalue weighted by atomic mass is 10.1. The normalized spacial score (nSPS) is 15.8. The van der Waals surface area contributed by atoms with Crippen molar-refractivity contribution >= 4 is 45.9 Å². The summed E-state index contributed by atoms with van der Waals surface area (Å²) >= 11 is 12.3. The summed E-state index contributed by atoms with van der Waals surface area (Å²) in [6, 6.07) is 3.60. The SMILES string of the molecule is Clc1ccc2c(c1Cl)OCCC/C2=N\Nc1ncnc2nc[nH]c12. The number of aromatic amines is 1. The molecular weight excluding hydrogens is 351 g/mol. The summed E-state index contributed by atoms with van der Waals surface area (Å²) < 4.78 is 5.73. The van der Waals surface area contributed by atoms with Gasteiger partial charge in [0.15, 0.2) is 11.5 Å². The smallest absolute Gasteiger partial charge is 0.182 e. The number of halogens is 2. The number of hydrogen-bond acceptors (Lipinski definition) is 6. The Morgan fingerprint density at radius 3 is 3.04 bits per heavy atom. The fraction of sp³-hybridized carbons (Fsp3) is 0.200. The van der Waals surface area contributed by atoms with Crippen LogP contribution >= 0.6 is 23.2 Å². The summed E-state index contributed by atoms with van der Waals surface area (Å²) in [5.41, 5.74) is 5.90. The zero-order valence-electron chi connectivity index (χ0n) is 12.4. The van der Waals surface area contributed by atoms with Crippen molar-refractivity contribution in [1.82, 2.24) is 19.9 Å². The van der Waals surface area contributed by atoms with E-state index < -0.39 is 0 Å². The molecule has 1 aliphatic heterocycles. The van der Waals surface area contributed by atoms with E-state index in [-0.39, 0.29) is 0 Å². The third kappa shape index (κ3) is 2.65. The van der Waals surface area contributed by atoms with E-state index in [2.05, 4.69) is 30.5 Å². The van der Waals surface area contributed by atoms with Gasteiger partial charge in [0.2, 0.25) is 0 Å². The molecule has 1 aliphatic rings. The lowest BCUT2D eigenvalue weighted by Gasteiger charge is -2.11. The van der Waals surface area contributed by atoms with Crippen molar-refractivity contribution in [2.45, 2.75) is 12.8 Å². The van der Waals surface area contributed by atoms with Crippen LogP contribution in [-0.2, 0) is 0 Å². The van der Waals surface area contributed by atoms with Gasteiger partial charge in [-0.1, -0.05) is 23.2 Å². The molecule has 2 N–H and O–H groups in total. The maximum Gasteiger partial charge on any atom is 0.182 e. The number of hydrogen-bond donors (Lipinski definition) is 2. The number of fused-ring (bicyclic) bond motifs is 2. The molecule has 0 radical (unpaired) electrons. The van der Waals surface area contributed by atoms with E-state index in [1.54, 1.807) is 12.4 Å². The number of H-pyrrole nitrogens is 1. The van der Waals surface area contributed by atoms with Gasteiger partial charge in [-0.05, 0) is 25.0 Å². The van der Waals surface area contributed by atoms with Crippen LogP contribution in [0.15, 0.2) is 29.9 Å². The Morgan fingerprint density at radius 1 is 1.21 bits per heavy atom. The van der Waals surface area contributed by atoms with Crippen molar-refractivity contribution in [3.8, 4) is 5.75 Å². The van der Waals surface area contributed by atoms with Crippen LogP contribution in [-0.4, -0.2) is 32.3 Å². The average molecular weight is 363 g/mol. The molecule has 2 aromatic heterocycles. The standard InChI is InChI=1S/C15H12Cl2N6O/c16-9-4-3-8-10(2-1-5-24-13(8)11(9)17)22-23-15-12-14(19-6-18-12)20-7-21-15/h3-4,6-7H,1-2,5H2,(H2,18,19,20,21,23)/b22-10+. The zero-order valence-corrected chi connectivity index (χ0v) is 13.9. The van der Waals surface area contributed by atoms with Crippen molar-refractivity contribution in [2.24, 2.45) is 5.10 Å². The van der Waals surface area contributed by atoms with Crippen molar-refractivity contribution in [2.75, 3.05) is 12.0 Å². The molecule has 3 aromatic rings. The number of ether oxygens (including phenoxy) is 1. The fourth-order valence-electron chi connectivity index (χ4n) is 2.54. The molecular formula is C15H12Cl2N6O. The number of anilines is 1. The van der Waals surface area contributed by atoms with Gasteiger partial charge in [0.1, 0.15) is 22.6 Å². The Hall–Kier alpha value is -2.38. The van der Waals surface area contributed by atoms with Gasteiger partial charge in [0.25, 0.3) is 0 Å². The van der Waals surface area contributed by atoms with Crippen LogP contribution in [0.2, 0.25) is 10.0 Å². The first-order valence-corrected chi connectivity index (χ1v) is 8.07. The number of nitrogens with zero attached hydrogens (tertiary/aromatic N) is 4. The molecule has 3 heterocycles. The summed E-state index contributed by atoms with van der Waals surface area (Å²) in [5, 5.41) is 5.36. The van der Waals surface area contributed by atoms with Crippen LogP contribution in [0.4, 0.5) is 5.82 Å². The van der Waals surface area contributed by atoms with Crippen LogP contribution in [0.25, 0.3) is 11.2 Å². The Bertz CT molecular complexity index is 939. The third-order valence-corrected chi connectivity index (χ3v) is 4.47. The molecule has 122 valence electrons. The van der Waals surface area contributed by atoms with Gasteiger partial charge < -0.3 is 9.72 Å². The Kier molecular flexibility index (Phi) is 3.95. The second-order valence-corrected chi connectivity index (χ2v) is 5.97.